The molecular formula is C22H22ClN3O2S. The SMILES string of the molecule is O=C(Nc1ncc(Cc2ccccc2Cl)s1)c1ccc(N2CCC(O)CC2)cc1. The van der Waals surface area contributed by atoms with E-state index in [1.54, 1.807) is 6.20 Å². The molecule has 1 amide bonds. The number of benzene rings is 2. The summed E-state index contributed by atoms with van der Waals surface area (Å²) in [6.45, 7) is 1.67. The maximum absolute atomic E-state index is 12.6. The molecule has 1 fully saturated rings. The zero-order valence-electron chi connectivity index (χ0n) is 15.8. The number of nitrogens with one attached hydrogen (secondary N) is 1. The molecule has 5 nitrogen and oxygen atoms in total. The van der Waals surface area contributed by atoms with Crippen LogP contribution < -0.4 is 10.2 Å². The van der Waals surface area contributed by atoms with Gasteiger partial charge < -0.3 is 10.0 Å². The molecule has 0 bridgehead atoms. The average Bonchev–Trinajstić information content (AvgIpc) is 3.17. The number of rotatable bonds is 5. The third kappa shape index (κ3) is 4.96. The molecule has 29 heavy (non-hydrogen) atoms. The van der Waals surface area contributed by atoms with Gasteiger partial charge in [-0.15, -0.1) is 11.3 Å². The standard InChI is InChI=1S/C22H22ClN3O2S/c23-20-4-2-1-3-16(20)13-19-14-24-22(29-19)25-21(28)15-5-7-17(8-6-15)26-11-9-18(27)10-12-26/h1-8,14,18,27H,9-13H2,(H,24,25,28). The molecule has 0 saturated carbocycles. The summed E-state index contributed by atoms with van der Waals surface area (Å²) in [7, 11) is 0. The quantitative estimate of drug-likeness (QED) is 0.624. The minimum atomic E-state index is -0.197. The summed E-state index contributed by atoms with van der Waals surface area (Å²) in [5.41, 5.74) is 2.70. The van der Waals surface area contributed by atoms with Crippen LogP contribution in [0.3, 0.4) is 0 Å². The molecule has 4 rings (SSSR count). The third-order valence-electron chi connectivity index (χ3n) is 5.06. The molecule has 0 atom stereocenters. The van der Waals surface area contributed by atoms with Crippen molar-refractivity contribution in [3.05, 3.63) is 75.8 Å². The second-order valence-corrected chi connectivity index (χ2v) is 8.64. The Morgan fingerprint density at radius 3 is 2.62 bits per heavy atom. The normalized spacial score (nSPS) is 14.8. The van der Waals surface area contributed by atoms with Gasteiger partial charge >= 0.3 is 0 Å². The highest BCUT2D eigenvalue weighted by atomic mass is 35.5. The molecule has 150 valence electrons. The lowest BCUT2D eigenvalue weighted by Gasteiger charge is -2.31. The first kappa shape index (κ1) is 19.9. The molecule has 0 aliphatic carbocycles. The fourth-order valence-corrected chi connectivity index (χ4v) is 4.43. The highest BCUT2D eigenvalue weighted by molar-refractivity contribution is 7.15. The largest absolute Gasteiger partial charge is 0.393 e. The van der Waals surface area contributed by atoms with E-state index in [4.69, 9.17) is 11.6 Å². The predicted molar refractivity (Wildman–Crippen MR) is 118 cm³/mol. The van der Waals surface area contributed by atoms with Gasteiger partial charge in [0.05, 0.1) is 6.10 Å². The van der Waals surface area contributed by atoms with Crippen LogP contribution in [-0.2, 0) is 6.42 Å². The number of aliphatic hydroxyl groups is 1. The van der Waals surface area contributed by atoms with E-state index in [-0.39, 0.29) is 12.0 Å². The van der Waals surface area contributed by atoms with Gasteiger partial charge in [-0.05, 0) is 48.7 Å². The molecule has 0 spiro atoms. The average molecular weight is 428 g/mol. The molecule has 2 heterocycles. The van der Waals surface area contributed by atoms with Crippen LogP contribution in [0, 0.1) is 0 Å². The topological polar surface area (TPSA) is 65.5 Å². The van der Waals surface area contributed by atoms with Gasteiger partial charge in [-0.25, -0.2) is 4.98 Å². The summed E-state index contributed by atoms with van der Waals surface area (Å²) >= 11 is 7.67. The number of thiazole rings is 1. The molecule has 0 unspecified atom stereocenters. The monoisotopic (exact) mass is 427 g/mol. The van der Waals surface area contributed by atoms with Crippen LogP contribution in [0.25, 0.3) is 0 Å². The Morgan fingerprint density at radius 2 is 1.90 bits per heavy atom. The lowest BCUT2D eigenvalue weighted by Crippen LogP contribution is -2.35. The maximum Gasteiger partial charge on any atom is 0.257 e. The van der Waals surface area contributed by atoms with Crippen LogP contribution in [0.4, 0.5) is 10.8 Å². The number of amides is 1. The number of carbonyl (C=O) groups excluding carboxylic acids is 1. The first-order valence-electron chi connectivity index (χ1n) is 9.61. The number of carbonyl (C=O) groups is 1. The third-order valence-corrected chi connectivity index (χ3v) is 6.34. The number of aliphatic hydroxyl groups excluding tert-OH is 1. The number of halogens is 1. The van der Waals surface area contributed by atoms with E-state index in [9.17, 15) is 9.90 Å². The number of hydrogen-bond acceptors (Lipinski definition) is 5. The van der Waals surface area contributed by atoms with Crippen molar-refractivity contribution in [2.75, 3.05) is 23.3 Å². The lowest BCUT2D eigenvalue weighted by molar-refractivity contribution is 0.102. The zero-order chi connectivity index (χ0) is 20.2. The molecule has 0 radical (unpaired) electrons. The summed E-state index contributed by atoms with van der Waals surface area (Å²) < 4.78 is 0. The van der Waals surface area contributed by atoms with E-state index < -0.39 is 0 Å². The number of nitrogens with zero attached hydrogens (tertiary/aromatic N) is 2. The second-order valence-electron chi connectivity index (χ2n) is 7.12. The summed E-state index contributed by atoms with van der Waals surface area (Å²) in [5, 5.41) is 13.8. The van der Waals surface area contributed by atoms with Crippen LogP contribution in [0.1, 0.15) is 33.6 Å². The smallest absolute Gasteiger partial charge is 0.257 e. The summed E-state index contributed by atoms with van der Waals surface area (Å²) in [5.74, 6) is -0.177. The van der Waals surface area contributed by atoms with E-state index in [0.29, 0.717) is 17.1 Å². The number of aromatic nitrogens is 1. The van der Waals surface area contributed by atoms with Crippen LogP contribution >= 0.6 is 22.9 Å². The summed E-state index contributed by atoms with van der Waals surface area (Å²) in [4.78, 5) is 20.1. The fraction of sp³-hybridized carbons (Fsp3) is 0.273. The zero-order valence-corrected chi connectivity index (χ0v) is 17.4. The van der Waals surface area contributed by atoms with Crippen molar-refractivity contribution >= 4 is 39.7 Å². The summed E-state index contributed by atoms with van der Waals surface area (Å²) in [6.07, 6.45) is 3.83. The van der Waals surface area contributed by atoms with E-state index in [1.807, 2.05) is 48.5 Å². The Bertz CT molecular complexity index is 982. The number of anilines is 2. The highest BCUT2D eigenvalue weighted by Crippen LogP contribution is 2.25. The molecule has 1 aliphatic rings. The van der Waals surface area contributed by atoms with Gasteiger partial charge in [0.2, 0.25) is 0 Å². The van der Waals surface area contributed by atoms with Gasteiger partial charge in [-0.3, -0.25) is 10.1 Å². The van der Waals surface area contributed by atoms with Crippen molar-refractivity contribution in [1.82, 2.24) is 4.98 Å². The van der Waals surface area contributed by atoms with E-state index in [1.165, 1.54) is 11.3 Å². The minimum absolute atomic E-state index is 0.177. The maximum atomic E-state index is 12.6. The molecule has 7 heteroatoms. The van der Waals surface area contributed by atoms with Crippen molar-refractivity contribution in [2.24, 2.45) is 0 Å². The highest BCUT2D eigenvalue weighted by Gasteiger charge is 2.17. The molecule has 2 N–H and O–H groups in total. The van der Waals surface area contributed by atoms with Crippen molar-refractivity contribution in [2.45, 2.75) is 25.4 Å². The predicted octanol–water partition coefficient (Wildman–Crippen LogP) is 4.60. The van der Waals surface area contributed by atoms with E-state index in [2.05, 4.69) is 15.2 Å². The Labute approximate surface area is 179 Å². The van der Waals surface area contributed by atoms with Gasteiger partial charge in [0.15, 0.2) is 5.13 Å². The summed E-state index contributed by atoms with van der Waals surface area (Å²) in [6, 6.07) is 15.3. The van der Waals surface area contributed by atoms with Crippen molar-refractivity contribution < 1.29 is 9.90 Å². The minimum Gasteiger partial charge on any atom is -0.393 e. The second kappa shape index (κ2) is 8.95. The Kier molecular flexibility index (Phi) is 6.13. The molecule has 1 aromatic heterocycles. The first-order valence-corrected chi connectivity index (χ1v) is 10.8. The Morgan fingerprint density at radius 1 is 1.17 bits per heavy atom. The van der Waals surface area contributed by atoms with Gasteiger partial charge in [-0.1, -0.05) is 29.8 Å². The van der Waals surface area contributed by atoms with Crippen LogP contribution in [0.15, 0.2) is 54.7 Å². The Balaban J connectivity index is 1.37. The van der Waals surface area contributed by atoms with E-state index in [0.717, 1.165) is 47.1 Å². The molecule has 3 aromatic rings. The van der Waals surface area contributed by atoms with Crippen molar-refractivity contribution in [3.8, 4) is 0 Å². The molecule has 1 aliphatic heterocycles. The van der Waals surface area contributed by atoms with Crippen LogP contribution in [-0.4, -0.2) is 35.2 Å². The van der Waals surface area contributed by atoms with Crippen LogP contribution in [0.5, 0.6) is 0 Å². The first-order chi connectivity index (χ1) is 14.1. The number of piperidine rings is 1. The Hall–Kier alpha value is -2.41. The molecular weight excluding hydrogens is 406 g/mol. The van der Waals surface area contributed by atoms with Gasteiger partial charge in [0, 0.05) is 46.9 Å². The fourth-order valence-electron chi connectivity index (χ4n) is 3.39. The number of hydrogen-bond donors (Lipinski definition) is 2. The van der Waals surface area contributed by atoms with Crippen molar-refractivity contribution in [1.29, 1.82) is 0 Å². The molecule has 1 saturated heterocycles. The van der Waals surface area contributed by atoms with Gasteiger partial charge in [0.1, 0.15) is 0 Å². The van der Waals surface area contributed by atoms with Gasteiger partial charge in [-0.2, -0.15) is 0 Å². The van der Waals surface area contributed by atoms with E-state index >= 15 is 0 Å². The lowest BCUT2D eigenvalue weighted by atomic mass is 10.1. The van der Waals surface area contributed by atoms with Crippen molar-refractivity contribution in [3.63, 3.8) is 0 Å². The van der Waals surface area contributed by atoms with Crippen LogP contribution in [0.2, 0.25) is 5.02 Å². The molecule has 2 aromatic carbocycles. The van der Waals surface area contributed by atoms with Gasteiger partial charge in [0.25, 0.3) is 5.91 Å².